The van der Waals surface area contributed by atoms with E-state index in [4.69, 9.17) is 4.74 Å². The monoisotopic (exact) mass is 426 g/mol. The van der Waals surface area contributed by atoms with Gasteiger partial charge in [0, 0.05) is 17.8 Å². The fraction of sp³-hybridized carbons (Fsp3) is 0.278. The second kappa shape index (κ2) is 8.31. The number of amides is 1. The summed E-state index contributed by atoms with van der Waals surface area (Å²) >= 11 is 0. The normalized spacial score (nSPS) is 21.6. The maximum absolute atomic E-state index is 13.8. The van der Waals surface area contributed by atoms with Gasteiger partial charge in [-0.05, 0) is 43.3 Å². The zero-order valence-corrected chi connectivity index (χ0v) is 16.4. The minimum Gasteiger partial charge on any atom is -0.497 e. The third kappa shape index (κ3) is 4.63. The van der Waals surface area contributed by atoms with Crippen molar-refractivity contribution < 1.29 is 26.7 Å². The van der Waals surface area contributed by atoms with Crippen LogP contribution in [0.5, 0.6) is 5.75 Å². The topological polar surface area (TPSA) is 109 Å². The van der Waals surface area contributed by atoms with E-state index in [-0.39, 0.29) is 11.4 Å². The second-order valence-corrected chi connectivity index (χ2v) is 8.31. The highest BCUT2D eigenvalue weighted by Gasteiger charge is 2.46. The van der Waals surface area contributed by atoms with E-state index in [1.54, 1.807) is 19.1 Å². The molecule has 1 heterocycles. The summed E-state index contributed by atoms with van der Waals surface area (Å²) in [5.74, 6) is -3.01. The predicted octanol–water partition coefficient (Wildman–Crippen LogP) is 1.79. The van der Waals surface area contributed by atoms with Crippen LogP contribution in [-0.4, -0.2) is 32.9 Å². The Morgan fingerprint density at radius 1 is 1.10 bits per heavy atom. The molecule has 1 fully saturated rings. The number of rotatable bonds is 6. The molecule has 8 nitrogen and oxygen atoms in total. The lowest BCUT2D eigenvalue weighted by Gasteiger charge is -2.21. The van der Waals surface area contributed by atoms with Crippen LogP contribution in [0.2, 0.25) is 0 Å². The minimum absolute atomic E-state index is 0.241. The summed E-state index contributed by atoms with van der Waals surface area (Å²) in [4.78, 5) is 12.7. The van der Waals surface area contributed by atoms with Crippen LogP contribution >= 0.6 is 0 Å². The quantitative estimate of drug-likeness (QED) is 0.561. The van der Waals surface area contributed by atoms with Crippen LogP contribution in [0.3, 0.4) is 0 Å². The number of hydrogen-bond acceptors (Lipinski definition) is 6. The fourth-order valence-corrected chi connectivity index (χ4v) is 4.54. The first-order valence-corrected chi connectivity index (χ1v) is 10.2. The van der Waals surface area contributed by atoms with Crippen molar-refractivity contribution >= 4 is 27.3 Å². The van der Waals surface area contributed by atoms with Crippen molar-refractivity contribution in [2.24, 2.45) is 5.92 Å². The third-order valence-electron chi connectivity index (χ3n) is 4.49. The molecule has 0 radical (unpaired) electrons. The molecule has 1 aliphatic heterocycles. The van der Waals surface area contributed by atoms with Crippen LogP contribution in [-0.2, 0) is 14.8 Å². The Bertz CT molecular complexity index is 1000. The number of carbonyl (C=O) groups is 1. The number of carbonyl (C=O) groups excluding carboxylic acids is 1. The van der Waals surface area contributed by atoms with Crippen LogP contribution in [0.4, 0.5) is 20.2 Å². The van der Waals surface area contributed by atoms with Gasteiger partial charge in [0.1, 0.15) is 17.4 Å². The maximum atomic E-state index is 13.8. The molecular weight excluding hydrogens is 406 g/mol. The van der Waals surface area contributed by atoms with Gasteiger partial charge in [0.15, 0.2) is 5.37 Å². The average Bonchev–Trinajstić information content (AvgIpc) is 3.07. The smallest absolute Gasteiger partial charge is 0.250 e. The number of hydrazine groups is 1. The Kier molecular flexibility index (Phi) is 6.01. The molecule has 156 valence electrons. The molecule has 0 saturated carbocycles. The molecule has 1 aliphatic rings. The summed E-state index contributed by atoms with van der Waals surface area (Å²) in [5.41, 5.74) is 5.35. The number of hydrogen-bond donors (Lipinski definition) is 4. The third-order valence-corrected chi connectivity index (χ3v) is 6.09. The molecule has 29 heavy (non-hydrogen) atoms. The first kappa shape index (κ1) is 21.0. The molecular formula is C18H20F2N4O4S. The highest BCUT2D eigenvalue weighted by atomic mass is 32.2. The van der Waals surface area contributed by atoms with Crippen molar-refractivity contribution in [3.8, 4) is 5.75 Å². The van der Waals surface area contributed by atoms with Crippen molar-refractivity contribution in [3.05, 3.63) is 54.1 Å². The number of halogens is 2. The minimum atomic E-state index is -4.05. The standard InChI is InChI=1S/C18H20F2N4O4S/c1-10-16(17(25)21-15-8-3-11(19)9-14(15)20)18(23-22-10)29(26,27)24-12-4-6-13(28-2)7-5-12/h3-10,16,18,22-24H,1-2H3,(H,21,25). The van der Waals surface area contributed by atoms with Crippen molar-refractivity contribution in [1.29, 1.82) is 0 Å². The summed E-state index contributed by atoms with van der Waals surface area (Å²) < 4.78 is 60.0. The zero-order valence-electron chi connectivity index (χ0n) is 15.6. The van der Waals surface area contributed by atoms with Gasteiger partial charge in [0.25, 0.3) is 10.0 Å². The molecule has 0 bridgehead atoms. The highest BCUT2D eigenvalue weighted by molar-refractivity contribution is 7.93. The Labute approximate surface area is 166 Å². The number of methoxy groups -OCH3 is 1. The Hall–Kier alpha value is -2.76. The van der Waals surface area contributed by atoms with Gasteiger partial charge in [-0.2, -0.15) is 0 Å². The van der Waals surface area contributed by atoms with Gasteiger partial charge in [-0.3, -0.25) is 14.9 Å². The predicted molar refractivity (Wildman–Crippen MR) is 104 cm³/mol. The van der Waals surface area contributed by atoms with Crippen molar-refractivity contribution in [2.45, 2.75) is 18.3 Å². The molecule has 2 aromatic carbocycles. The number of nitrogens with one attached hydrogen (secondary N) is 4. The summed E-state index contributed by atoms with van der Waals surface area (Å²) in [5, 5.41) is 0.991. The van der Waals surface area contributed by atoms with Crippen LogP contribution in [0, 0.1) is 17.6 Å². The van der Waals surface area contributed by atoms with Gasteiger partial charge in [-0.1, -0.05) is 0 Å². The lowest BCUT2D eigenvalue weighted by atomic mass is 10.0. The van der Waals surface area contributed by atoms with E-state index in [2.05, 4.69) is 20.9 Å². The molecule has 4 N–H and O–H groups in total. The van der Waals surface area contributed by atoms with Crippen LogP contribution in [0.25, 0.3) is 0 Å². The largest absolute Gasteiger partial charge is 0.497 e. The number of benzene rings is 2. The molecule has 1 amide bonds. The van der Waals surface area contributed by atoms with E-state index >= 15 is 0 Å². The molecule has 3 unspecified atom stereocenters. The van der Waals surface area contributed by atoms with Gasteiger partial charge in [0.05, 0.1) is 18.7 Å². The van der Waals surface area contributed by atoms with Crippen molar-refractivity contribution in [1.82, 2.24) is 10.9 Å². The average molecular weight is 426 g/mol. The second-order valence-electron chi connectivity index (χ2n) is 6.51. The van der Waals surface area contributed by atoms with Crippen LogP contribution in [0.15, 0.2) is 42.5 Å². The van der Waals surface area contributed by atoms with Gasteiger partial charge < -0.3 is 10.1 Å². The van der Waals surface area contributed by atoms with Gasteiger partial charge in [-0.25, -0.2) is 22.6 Å². The van der Waals surface area contributed by atoms with Crippen molar-refractivity contribution in [3.63, 3.8) is 0 Å². The maximum Gasteiger partial charge on any atom is 0.250 e. The molecule has 0 aliphatic carbocycles. The highest BCUT2D eigenvalue weighted by Crippen LogP contribution is 2.25. The van der Waals surface area contributed by atoms with Gasteiger partial charge >= 0.3 is 0 Å². The van der Waals surface area contributed by atoms with Crippen molar-refractivity contribution in [2.75, 3.05) is 17.1 Å². The van der Waals surface area contributed by atoms with Gasteiger partial charge in [-0.15, -0.1) is 0 Å². The Morgan fingerprint density at radius 3 is 2.41 bits per heavy atom. The molecule has 11 heteroatoms. The summed E-state index contributed by atoms with van der Waals surface area (Å²) in [7, 11) is -2.56. The van der Waals surface area contributed by atoms with E-state index in [0.29, 0.717) is 11.8 Å². The fourth-order valence-electron chi connectivity index (χ4n) is 2.98. The first-order chi connectivity index (χ1) is 13.7. The molecule has 3 atom stereocenters. The Morgan fingerprint density at radius 2 is 1.79 bits per heavy atom. The van der Waals surface area contributed by atoms with E-state index in [0.717, 1.165) is 12.1 Å². The SMILES string of the molecule is COc1ccc(NS(=O)(=O)C2NNC(C)C2C(=O)Nc2ccc(F)cc2F)cc1. The summed E-state index contributed by atoms with van der Waals surface area (Å²) in [6.07, 6.45) is 0. The summed E-state index contributed by atoms with van der Waals surface area (Å²) in [6, 6.07) is 8.33. The summed E-state index contributed by atoms with van der Waals surface area (Å²) in [6.45, 7) is 1.61. The lowest BCUT2D eigenvalue weighted by molar-refractivity contribution is -0.119. The molecule has 2 aromatic rings. The zero-order chi connectivity index (χ0) is 21.2. The molecule has 0 spiro atoms. The van der Waals surface area contributed by atoms with Gasteiger partial charge in [0.2, 0.25) is 5.91 Å². The first-order valence-electron chi connectivity index (χ1n) is 8.64. The van der Waals surface area contributed by atoms with E-state index in [1.165, 1.54) is 19.2 Å². The van der Waals surface area contributed by atoms with E-state index in [9.17, 15) is 22.0 Å². The number of sulfonamides is 1. The molecule has 0 aromatic heterocycles. The van der Waals surface area contributed by atoms with Crippen LogP contribution in [0.1, 0.15) is 6.92 Å². The van der Waals surface area contributed by atoms with E-state index < -0.39 is 44.9 Å². The number of ether oxygens (including phenoxy) is 1. The molecule has 1 saturated heterocycles. The number of anilines is 2. The lowest BCUT2D eigenvalue weighted by Crippen LogP contribution is -2.45. The van der Waals surface area contributed by atoms with Crippen LogP contribution < -0.4 is 25.6 Å². The Balaban J connectivity index is 1.79. The van der Waals surface area contributed by atoms with E-state index in [1.807, 2.05) is 0 Å². The molecule has 3 rings (SSSR count).